The maximum Gasteiger partial charge on any atom is 0.573 e. The summed E-state index contributed by atoms with van der Waals surface area (Å²) >= 11 is 0. The number of rotatable bonds is 9. The summed E-state index contributed by atoms with van der Waals surface area (Å²) < 4.78 is 41.5. The lowest BCUT2D eigenvalue weighted by atomic mass is 9.86. The quantitative estimate of drug-likeness (QED) is 0.370. The topological polar surface area (TPSA) is 74.8 Å². The number of hydrogen-bond donors (Lipinski definition) is 1. The highest BCUT2D eigenvalue weighted by Crippen LogP contribution is 2.35. The number of likely N-dealkylation sites (N-methyl/N-ethyl adjacent to an activating group) is 1. The number of hydrogen-bond acceptors (Lipinski definition) is 5. The minimum atomic E-state index is -4.75. The monoisotopic (exact) mass is 568 g/mol. The summed E-state index contributed by atoms with van der Waals surface area (Å²) in [6.45, 7) is 7.09. The van der Waals surface area contributed by atoms with E-state index < -0.39 is 12.4 Å². The van der Waals surface area contributed by atoms with Gasteiger partial charge in [-0.05, 0) is 66.3 Å². The van der Waals surface area contributed by atoms with E-state index in [2.05, 4.69) is 47.9 Å². The molecule has 1 aliphatic rings. The van der Waals surface area contributed by atoms with Crippen LogP contribution in [0.5, 0.6) is 5.75 Å². The molecule has 7 nitrogen and oxygen atoms in total. The summed E-state index contributed by atoms with van der Waals surface area (Å²) in [6, 6.07) is 16.8. The first-order chi connectivity index (χ1) is 19.3. The van der Waals surface area contributed by atoms with Gasteiger partial charge in [0.25, 0.3) is 5.91 Å². The van der Waals surface area contributed by atoms with Crippen molar-refractivity contribution in [1.29, 1.82) is 0 Å². The number of nitrogens with one attached hydrogen (secondary N) is 1. The maximum atomic E-state index is 13.7. The highest BCUT2D eigenvalue weighted by atomic mass is 19.4. The number of aromatic nitrogens is 1. The summed E-state index contributed by atoms with van der Waals surface area (Å²) in [7, 11) is 1.90. The number of nitrogens with zero attached hydrogens (tertiary/aromatic N) is 3. The first-order valence-electron chi connectivity index (χ1n) is 13.5. The van der Waals surface area contributed by atoms with E-state index in [0.717, 1.165) is 11.1 Å². The Morgan fingerprint density at radius 3 is 2.29 bits per heavy atom. The number of halogens is 3. The molecule has 218 valence electrons. The number of carbonyl (C=O) groups is 2. The predicted octanol–water partition coefficient (Wildman–Crippen LogP) is 5.48. The Morgan fingerprint density at radius 1 is 1.02 bits per heavy atom. The van der Waals surface area contributed by atoms with E-state index in [1.807, 2.05) is 24.1 Å². The van der Waals surface area contributed by atoms with Gasteiger partial charge in [-0.15, -0.1) is 13.2 Å². The van der Waals surface area contributed by atoms with E-state index in [0.29, 0.717) is 31.5 Å². The maximum absolute atomic E-state index is 13.7. The molecule has 3 aromatic rings. The molecular formula is C31H35F3N4O3. The van der Waals surface area contributed by atoms with Crippen molar-refractivity contribution in [2.45, 2.75) is 57.6 Å². The van der Waals surface area contributed by atoms with Crippen molar-refractivity contribution < 1.29 is 27.5 Å². The van der Waals surface area contributed by atoms with Gasteiger partial charge in [0.15, 0.2) is 0 Å². The molecule has 1 N–H and O–H groups in total. The van der Waals surface area contributed by atoms with E-state index in [4.69, 9.17) is 0 Å². The van der Waals surface area contributed by atoms with Gasteiger partial charge in [-0.2, -0.15) is 0 Å². The van der Waals surface area contributed by atoms with E-state index in [1.165, 1.54) is 23.9 Å². The first-order valence-corrected chi connectivity index (χ1v) is 13.5. The van der Waals surface area contributed by atoms with Crippen LogP contribution in [-0.2, 0) is 16.6 Å². The van der Waals surface area contributed by atoms with Gasteiger partial charge in [0.2, 0.25) is 5.91 Å². The zero-order valence-corrected chi connectivity index (χ0v) is 23.6. The molecule has 2 aromatic carbocycles. The molecule has 0 radical (unpaired) electrons. The van der Waals surface area contributed by atoms with Gasteiger partial charge >= 0.3 is 6.36 Å². The van der Waals surface area contributed by atoms with Gasteiger partial charge < -0.3 is 15.0 Å². The Bertz CT molecular complexity index is 1320. The van der Waals surface area contributed by atoms with Crippen LogP contribution < -0.4 is 10.1 Å². The fourth-order valence-corrected chi connectivity index (χ4v) is 5.04. The Labute approximate surface area is 238 Å². The summed E-state index contributed by atoms with van der Waals surface area (Å²) in [5.74, 6) is -0.608. The third-order valence-electron chi connectivity index (χ3n) is 7.24. The van der Waals surface area contributed by atoms with Crippen LogP contribution in [0.25, 0.3) is 0 Å². The van der Waals surface area contributed by atoms with Gasteiger partial charge in [0.05, 0.1) is 11.6 Å². The number of ether oxygens (including phenoxy) is 1. The highest BCUT2D eigenvalue weighted by molar-refractivity contribution is 5.93. The molecule has 10 heteroatoms. The van der Waals surface area contributed by atoms with Gasteiger partial charge in [-0.3, -0.25) is 19.5 Å². The number of amides is 2. The van der Waals surface area contributed by atoms with Crippen molar-refractivity contribution in [1.82, 2.24) is 20.1 Å². The lowest BCUT2D eigenvalue weighted by Crippen LogP contribution is -2.36. The SMILES string of the molecule is CN1C(c2ccc(C(C)(C)C)cc2)N(CCc2ccc(OC(F)(F)F)cc2)C(=O)[C@@H]1CCNC(=O)c1cccnc1. The molecule has 2 atom stereocenters. The van der Waals surface area contributed by atoms with Crippen LogP contribution >= 0.6 is 0 Å². The highest BCUT2D eigenvalue weighted by Gasteiger charge is 2.44. The third kappa shape index (κ3) is 7.64. The summed E-state index contributed by atoms with van der Waals surface area (Å²) in [6.07, 6.45) is -1.14. The molecule has 2 amide bonds. The fraction of sp³-hybridized carbons (Fsp3) is 0.387. The van der Waals surface area contributed by atoms with E-state index in [-0.39, 0.29) is 29.1 Å². The van der Waals surface area contributed by atoms with Gasteiger partial charge in [-0.1, -0.05) is 57.2 Å². The molecule has 1 unspecified atom stereocenters. The molecule has 1 aromatic heterocycles. The van der Waals surface area contributed by atoms with E-state index in [9.17, 15) is 22.8 Å². The van der Waals surface area contributed by atoms with Gasteiger partial charge in [-0.25, -0.2) is 0 Å². The summed E-state index contributed by atoms with van der Waals surface area (Å²) in [5, 5.41) is 2.87. The van der Waals surface area contributed by atoms with Crippen LogP contribution in [0, 0.1) is 0 Å². The van der Waals surface area contributed by atoms with Crippen molar-refractivity contribution in [2.24, 2.45) is 0 Å². The largest absolute Gasteiger partial charge is 0.573 e. The van der Waals surface area contributed by atoms with Gasteiger partial charge in [0, 0.05) is 25.5 Å². The van der Waals surface area contributed by atoms with Gasteiger partial charge in [0.1, 0.15) is 11.9 Å². The van der Waals surface area contributed by atoms with Crippen molar-refractivity contribution >= 4 is 11.8 Å². The average molecular weight is 569 g/mol. The van der Waals surface area contributed by atoms with Crippen LogP contribution in [-0.4, -0.2) is 59.1 Å². The molecule has 1 fully saturated rings. The van der Waals surface area contributed by atoms with Crippen LogP contribution in [0.2, 0.25) is 0 Å². The average Bonchev–Trinajstić information content (AvgIpc) is 3.16. The number of alkyl halides is 3. The minimum absolute atomic E-state index is 0.0212. The van der Waals surface area contributed by atoms with Crippen molar-refractivity contribution in [2.75, 3.05) is 20.1 Å². The third-order valence-corrected chi connectivity index (χ3v) is 7.24. The Kier molecular flexibility index (Phi) is 9.01. The second kappa shape index (κ2) is 12.3. The molecule has 1 saturated heterocycles. The number of pyridine rings is 1. The van der Waals surface area contributed by atoms with Crippen molar-refractivity contribution in [3.8, 4) is 5.75 Å². The van der Waals surface area contributed by atoms with Crippen LogP contribution in [0.3, 0.4) is 0 Å². The molecular weight excluding hydrogens is 533 g/mol. The minimum Gasteiger partial charge on any atom is -0.406 e. The van der Waals surface area contributed by atoms with E-state index in [1.54, 1.807) is 35.4 Å². The summed E-state index contributed by atoms with van der Waals surface area (Å²) in [4.78, 5) is 34.0. The lowest BCUT2D eigenvalue weighted by Gasteiger charge is -2.30. The molecule has 0 aliphatic carbocycles. The van der Waals surface area contributed by atoms with Crippen molar-refractivity contribution in [3.63, 3.8) is 0 Å². The van der Waals surface area contributed by atoms with Crippen LogP contribution in [0.15, 0.2) is 73.1 Å². The molecule has 0 saturated carbocycles. The molecule has 1 aliphatic heterocycles. The second-order valence-electron chi connectivity index (χ2n) is 11.2. The number of carbonyl (C=O) groups excluding carboxylic acids is 2. The molecule has 4 rings (SSSR count). The number of benzene rings is 2. The van der Waals surface area contributed by atoms with E-state index >= 15 is 0 Å². The zero-order chi connectivity index (χ0) is 29.8. The smallest absolute Gasteiger partial charge is 0.406 e. The second-order valence-corrected chi connectivity index (χ2v) is 11.2. The Balaban J connectivity index is 1.49. The molecule has 0 bridgehead atoms. The van der Waals surface area contributed by atoms with Crippen molar-refractivity contribution in [3.05, 3.63) is 95.3 Å². The first kappa shape index (κ1) is 30.0. The normalized spacial score (nSPS) is 18.0. The fourth-order valence-electron chi connectivity index (χ4n) is 5.04. The van der Waals surface area contributed by atoms with Crippen LogP contribution in [0.1, 0.15) is 60.4 Å². The Hall–Kier alpha value is -3.92. The molecule has 0 spiro atoms. The lowest BCUT2D eigenvalue weighted by molar-refractivity contribution is -0.274. The molecule has 2 heterocycles. The van der Waals surface area contributed by atoms with Crippen LogP contribution in [0.4, 0.5) is 13.2 Å². The zero-order valence-electron chi connectivity index (χ0n) is 23.6. The standard InChI is InChI=1S/C31H35F3N4O3/c1-30(2,3)24-11-9-22(10-12-24)28-37(4)26(15-18-36-27(39)23-6-5-17-35-20-23)29(40)38(28)19-16-21-7-13-25(14-8-21)41-31(32,33)34/h5-14,17,20,26,28H,15-16,18-19H2,1-4H3,(H,36,39)/t26-,28?/m0/s1. The predicted molar refractivity (Wildman–Crippen MR) is 149 cm³/mol. The Morgan fingerprint density at radius 2 is 1.71 bits per heavy atom. The molecule has 41 heavy (non-hydrogen) atoms. The summed E-state index contributed by atoms with van der Waals surface area (Å²) in [5.41, 5.74) is 3.35.